The van der Waals surface area contributed by atoms with Gasteiger partial charge in [-0.3, -0.25) is 9.78 Å². The second-order valence-corrected chi connectivity index (χ2v) is 6.24. The predicted molar refractivity (Wildman–Crippen MR) is 90.1 cm³/mol. The van der Waals surface area contributed by atoms with E-state index < -0.39 is 0 Å². The molecule has 5 nitrogen and oxygen atoms in total. The first-order chi connectivity index (χ1) is 10.9. The number of nitrogens with zero attached hydrogens (tertiary/aromatic N) is 4. The highest BCUT2D eigenvalue weighted by Crippen LogP contribution is 2.18. The summed E-state index contributed by atoms with van der Waals surface area (Å²) in [6.45, 7) is 8.05. The number of aromatic nitrogens is 3. The Morgan fingerprint density at radius 3 is 2.57 bits per heavy atom. The molecular weight excluding hydrogens is 288 g/mol. The van der Waals surface area contributed by atoms with E-state index in [9.17, 15) is 4.79 Å². The Bertz CT molecular complexity index is 670. The second kappa shape index (κ2) is 7.31. The van der Waals surface area contributed by atoms with E-state index in [1.807, 2.05) is 32.0 Å². The van der Waals surface area contributed by atoms with Crippen molar-refractivity contribution in [2.24, 2.45) is 5.92 Å². The lowest BCUT2D eigenvalue weighted by Crippen LogP contribution is -2.31. The molecule has 2 rings (SSSR count). The average molecular weight is 312 g/mol. The zero-order valence-electron chi connectivity index (χ0n) is 14.4. The summed E-state index contributed by atoms with van der Waals surface area (Å²) < 4.78 is 0. The highest BCUT2D eigenvalue weighted by atomic mass is 16.2. The number of carbonyl (C=O) groups is 1. The molecule has 1 amide bonds. The molecule has 5 heteroatoms. The van der Waals surface area contributed by atoms with Gasteiger partial charge in [-0.05, 0) is 44.4 Å². The summed E-state index contributed by atoms with van der Waals surface area (Å²) in [5.41, 5.74) is 2.21. The normalized spacial score (nSPS) is 12.3. The van der Waals surface area contributed by atoms with Crippen LogP contribution in [-0.2, 0) is 6.42 Å². The first-order valence-electron chi connectivity index (χ1n) is 7.91. The summed E-state index contributed by atoms with van der Waals surface area (Å²) in [6.07, 6.45) is 2.57. The van der Waals surface area contributed by atoms with E-state index in [0.29, 0.717) is 17.4 Å². The van der Waals surface area contributed by atoms with Gasteiger partial charge in [0, 0.05) is 18.9 Å². The highest BCUT2D eigenvalue weighted by molar-refractivity contribution is 5.92. The van der Waals surface area contributed by atoms with Gasteiger partial charge < -0.3 is 4.90 Å². The van der Waals surface area contributed by atoms with Crippen molar-refractivity contribution in [3.8, 4) is 0 Å². The molecule has 0 saturated heterocycles. The van der Waals surface area contributed by atoms with Crippen molar-refractivity contribution in [3.05, 3.63) is 53.4 Å². The van der Waals surface area contributed by atoms with E-state index in [1.165, 1.54) is 0 Å². The zero-order valence-corrected chi connectivity index (χ0v) is 14.4. The summed E-state index contributed by atoms with van der Waals surface area (Å²) in [5, 5.41) is 0. The van der Waals surface area contributed by atoms with Crippen molar-refractivity contribution >= 4 is 5.91 Å². The Hall–Kier alpha value is -2.30. The van der Waals surface area contributed by atoms with E-state index in [1.54, 1.807) is 24.2 Å². The topological polar surface area (TPSA) is 59.0 Å². The number of pyridine rings is 1. The van der Waals surface area contributed by atoms with Gasteiger partial charge in [0.15, 0.2) is 0 Å². The van der Waals surface area contributed by atoms with Crippen LogP contribution in [0.2, 0.25) is 0 Å². The lowest BCUT2D eigenvalue weighted by Gasteiger charge is -2.24. The Balaban J connectivity index is 2.24. The SMILES string of the molecule is Cc1nc(CC(C)C)cc(C(=O)N(C)[C@@H](C)c2ccccn2)n1. The van der Waals surface area contributed by atoms with Crippen molar-refractivity contribution in [3.63, 3.8) is 0 Å². The lowest BCUT2D eigenvalue weighted by molar-refractivity contribution is 0.0733. The second-order valence-electron chi connectivity index (χ2n) is 6.24. The largest absolute Gasteiger partial charge is 0.332 e. The molecular formula is C18H24N4O. The van der Waals surface area contributed by atoms with E-state index in [2.05, 4.69) is 28.8 Å². The fraction of sp³-hybridized carbons (Fsp3) is 0.444. The van der Waals surface area contributed by atoms with Crippen LogP contribution in [-0.4, -0.2) is 32.8 Å². The van der Waals surface area contributed by atoms with E-state index in [-0.39, 0.29) is 11.9 Å². The first-order valence-corrected chi connectivity index (χ1v) is 7.91. The fourth-order valence-corrected chi connectivity index (χ4v) is 2.44. The molecule has 0 radical (unpaired) electrons. The number of carbonyl (C=O) groups excluding carboxylic acids is 1. The third kappa shape index (κ3) is 4.34. The first kappa shape index (κ1) is 17.1. The molecule has 23 heavy (non-hydrogen) atoms. The van der Waals surface area contributed by atoms with Crippen LogP contribution in [0.25, 0.3) is 0 Å². The molecule has 0 aliphatic carbocycles. The van der Waals surface area contributed by atoms with E-state index in [0.717, 1.165) is 17.8 Å². The van der Waals surface area contributed by atoms with Crippen LogP contribution < -0.4 is 0 Å². The molecule has 2 aromatic rings. The lowest BCUT2D eigenvalue weighted by atomic mass is 10.1. The van der Waals surface area contributed by atoms with Gasteiger partial charge in [0.05, 0.1) is 11.7 Å². The third-order valence-corrected chi connectivity index (χ3v) is 3.74. The summed E-state index contributed by atoms with van der Waals surface area (Å²) >= 11 is 0. The smallest absolute Gasteiger partial charge is 0.272 e. The number of hydrogen-bond acceptors (Lipinski definition) is 4. The van der Waals surface area contributed by atoms with Gasteiger partial charge in [0.25, 0.3) is 5.91 Å². The fourth-order valence-electron chi connectivity index (χ4n) is 2.44. The average Bonchev–Trinajstić information content (AvgIpc) is 2.52. The molecule has 0 N–H and O–H groups in total. The van der Waals surface area contributed by atoms with Crippen molar-refractivity contribution in [2.45, 2.75) is 40.2 Å². The zero-order chi connectivity index (χ0) is 17.0. The number of amides is 1. The maximum absolute atomic E-state index is 12.8. The minimum absolute atomic E-state index is 0.112. The van der Waals surface area contributed by atoms with Crippen molar-refractivity contribution in [2.75, 3.05) is 7.05 Å². The standard InChI is InChI=1S/C18H24N4O/c1-12(2)10-15-11-17(21-14(4)20-15)18(23)22(5)13(3)16-8-6-7-9-19-16/h6-9,11-13H,10H2,1-5H3/t13-/m0/s1. The van der Waals surface area contributed by atoms with Gasteiger partial charge in [-0.15, -0.1) is 0 Å². The van der Waals surface area contributed by atoms with Crippen LogP contribution in [0.15, 0.2) is 30.5 Å². The monoisotopic (exact) mass is 312 g/mol. The summed E-state index contributed by atoms with van der Waals surface area (Å²) in [4.78, 5) is 27.5. The maximum atomic E-state index is 12.8. The summed E-state index contributed by atoms with van der Waals surface area (Å²) in [7, 11) is 1.78. The maximum Gasteiger partial charge on any atom is 0.272 e. The highest BCUT2D eigenvalue weighted by Gasteiger charge is 2.21. The van der Waals surface area contributed by atoms with Crippen LogP contribution in [0.1, 0.15) is 54.5 Å². The van der Waals surface area contributed by atoms with Gasteiger partial charge in [-0.1, -0.05) is 19.9 Å². The Labute approximate surface area is 137 Å². The van der Waals surface area contributed by atoms with Crippen LogP contribution in [0.3, 0.4) is 0 Å². The number of rotatable bonds is 5. The minimum Gasteiger partial charge on any atom is -0.332 e. The molecule has 0 aliphatic rings. The molecule has 0 saturated carbocycles. The van der Waals surface area contributed by atoms with Gasteiger partial charge in [0.2, 0.25) is 0 Å². The molecule has 1 atom stereocenters. The third-order valence-electron chi connectivity index (χ3n) is 3.74. The van der Waals surface area contributed by atoms with Crippen LogP contribution in [0, 0.1) is 12.8 Å². The minimum atomic E-state index is -0.118. The summed E-state index contributed by atoms with van der Waals surface area (Å²) in [5.74, 6) is 1.00. The van der Waals surface area contributed by atoms with Crippen LogP contribution >= 0.6 is 0 Å². The van der Waals surface area contributed by atoms with Crippen LogP contribution in [0.4, 0.5) is 0 Å². The van der Waals surface area contributed by atoms with Gasteiger partial charge in [-0.2, -0.15) is 0 Å². The Morgan fingerprint density at radius 2 is 1.96 bits per heavy atom. The van der Waals surface area contributed by atoms with E-state index >= 15 is 0 Å². The molecule has 0 unspecified atom stereocenters. The molecule has 0 bridgehead atoms. The quantitative estimate of drug-likeness (QED) is 0.850. The van der Waals surface area contributed by atoms with Gasteiger partial charge in [-0.25, -0.2) is 9.97 Å². The van der Waals surface area contributed by atoms with Crippen molar-refractivity contribution in [1.29, 1.82) is 0 Å². The number of hydrogen-bond donors (Lipinski definition) is 0. The molecule has 122 valence electrons. The van der Waals surface area contributed by atoms with E-state index in [4.69, 9.17) is 0 Å². The number of aryl methyl sites for hydroxylation is 1. The van der Waals surface area contributed by atoms with Crippen molar-refractivity contribution < 1.29 is 4.79 Å². The molecule has 0 fully saturated rings. The molecule has 0 aliphatic heterocycles. The molecule has 0 aromatic carbocycles. The Kier molecular flexibility index (Phi) is 5.42. The summed E-state index contributed by atoms with van der Waals surface area (Å²) in [6, 6.07) is 7.39. The van der Waals surface area contributed by atoms with Crippen LogP contribution in [0.5, 0.6) is 0 Å². The molecule has 0 spiro atoms. The predicted octanol–water partition coefficient (Wildman–Crippen LogP) is 3.21. The Morgan fingerprint density at radius 1 is 1.22 bits per heavy atom. The van der Waals surface area contributed by atoms with Crippen molar-refractivity contribution in [1.82, 2.24) is 19.9 Å². The van der Waals surface area contributed by atoms with Gasteiger partial charge in [0.1, 0.15) is 11.5 Å². The van der Waals surface area contributed by atoms with Gasteiger partial charge >= 0.3 is 0 Å². The molecule has 2 aromatic heterocycles. The molecule has 2 heterocycles.